The summed E-state index contributed by atoms with van der Waals surface area (Å²) < 4.78 is 0. The molecule has 0 heterocycles. The highest BCUT2D eigenvalue weighted by molar-refractivity contribution is 5.94. The highest BCUT2D eigenvalue weighted by Crippen LogP contribution is 2.10. The molecule has 5 atom stereocenters. The smallest absolute Gasteiger partial charge is 0.326 e. The summed E-state index contributed by atoms with van der Waals surface area (Å²) >= 11 is 0. The van der Waals surface area contributed by atoms with E-state index in [1.165, 1.54) is 0 Å². The van der Waals surface area contributed by atoms with Crippen molar-refractivity contribution in [2.75, 3.05) is 6.61 Å². The van der Waals surface area contributed by atoms with Gasteiger partial charge in [0, 0.05) is 0 Å². The van der Waals surface area contributed by atoms with Crippen LogP contribution in [0.1, 0.15) is 60.8 Å². The molecular weight excluding hydrogens is 404 g/mol. The molecule has 180 valence electrons. The highest BCUT2D eigenvalue weighted by atomic mass is 16.4. The maximum atomic E-state index is 12.8. The third-order valence-corrected chi connectivity index (χ3v) is 4.99. The van der Waals surface area contributed by atoms with Gasteiger partial charge < -0.3 is 31.9 Å². The number of amides is 3. The first-order valence-electron chi connectivity index (χ1n) is 10.8. The van der Waals surface area contributed by atoms with Crippen molar-refractivity contribution >= 4 is 23.7 Å². The molecular formula is C21H40N4O6. The molecule has 10 nitrogen and oxygen atoms in total. The molecule has 0 saturated carbocycles. The number of hydrogen-bond acceptors (Lipinski definition) is 6. The van der Waals surface area contributed by atoms with Crippen molar-refractivity contribution in [2.45, 2.75) is 85.0 Å². The molecule has 31 heavy (non-hydrogen) atoms. The quantitative estimate of drug-likeness (QED) is 0.219. The zero-order chi connectivity index (χ0) is 24.3. The molecule has 0 aromatic rings. The number of rotatable bonds is 14. The average molecular weight is 445 g/mol. The minimum atomic E-state index is -1.35. The third-order valence-electron chi connectivity index (χ3n) is 4.99. The van der Waals surface area contributed by atoms with Crippen LogP contribution in [0.15, 0.2) is 0 Å². The Morgan fingerprint density at radius 3 is 1.71 bits per heavy atom. The van der Waals surface area contributed by atoms with Gasteiger partial charge >= 0.3 is 5.97 Å². The molecule has 0 rings (SSSR count). The third kappa shape index (κ3) is 10.6. The molecule has 10 heteroatoms. The van der Waals surface area contributed by atoms with Crippen molar-refractivity contribution in [3.05, 3.63) is 0 Å². The van der Waals surface area contributed by atoms with Crippen LogP contribution in [0.4, 0.5) is 0 Å². The lowest BCUT2D eigenvalue weighted by molar-refractivity contribution is -0.144. The number of hydrogen-bond donors (Lipinski definition) is 6. The molecule has 0 bridgehead atoms. The van der Waals surface area contributed by atoms with Gasteiger partial charge in [-0.1, -0.05) is 48.0 Å². The van der Waals surface area contributed by atoms with E-state index in [-0.39, 0.29) is 17.8 Å². The number of aliphatic carboxylic acids is 1. The van der Waals surface area contributed by atoms with Crippen LogP contribution in [-0.2, 0) is 19.2 Å². The fourth-order valence-corrected chi connectivity index (χ4v) is 3.00. The van der Waals surface area contributed by atoms with Gasteiger partial charge in [-0.2, -0.15) is 0 Å². The Bertz CT molecular complexity index is 611. The zero-order valence-corrected chi connectivity index (χ0v) is 19.5. The fraction of sp³-hybridized carbons (Fsp3) is 0.810. The van der Waals surface area contributed by atoms with Crippen LogP contribution in [0.2, 0.25) is 0 Å². The normalized spacial score (nSPS) is 16.2. The Labute approximate surface area is 184 Å². The summed E-state index contributed by atoms with van der Waals surface area (Å²) in [7, 11) is 0. The minimum absolute atomic E-state index is 0.0561. The topological polar surface area (TPSA) is 171 Å². The lowest BCUT2D eigenvalue weighted by Crippen LogP contribution is -2.58. The highest BCUT2D eigenvalue weighted by Gasteiger charge is 2.31. The lowest BCUT2D eigenvalue weighted by Gasteiger charge is -2.26. The summed E-state index contributed by atoms with van der Waals surface area (Å²) in [4.78, 5) is 49.1. The Morgan fingerprint density at radius 2 is 1.29 bits per heavy atom. The Hall–Kier alpha value is -2.20. The minimum Gasteiger partial charge on any atom is -0.480 e. The Morgan fingerprint density at radius 1 is 0.806 bits per heavy atom. The molecule has 7 N–H and O–H groups in total. The van der Waals surface area contributed by atoms with Gasteiger partial charge in [0.25, 0.3) is 0 Å². The first-order chi connectivity index (χ1) is 14.3. The van der Waals surface area contributed by atoms with Gasteiger partial charge in [0.2, 0.25) is 17.7 Å². The number of carbonyl (C=O) groups is 4. The van der Waals surface area contributed by atoms with Crippen LogP contribution in [0.5, 0.6) is 0 Å². The van der Waals surface area contributed by atoms with Crippen LogP contribution >= 0.6 is 0 Å². The van der Waals surface area contributed by atoms with Crippen LogP contribution in [0.25, 0.3) is 0 Å². The van der Waals surface area contributed by atoms with Gasteiger partial charge in [0.05, 0.1) is 12.6 Å². The summed E-state index contributed by atoms with van der Waals surface area (Å²) in [5.41, 5.74) is 5.89. The summed E-state index contributed by atoms with van der Waals surface area (Å²) in [6.07, 6.45) is 1.28. The summed E-state index contributed by atoms with van der Waals surface area (Å²) in [5, 5.41) is 26.3. The number of aliphatic hydroxyl groups excluding tert-OH is 1. The van der Waals surface area contributed by atoms with Crippen LogP contribution in [-0.4, -0.2) is 64.7 Å². The number of nitrogens with two attached hydrogens (primary N) is 1. The van der Waals surface area contributed by atoms with Crippen molar-refractivity contribution in [1.29, 1.82) is 0 Å². The van der Waals surface area contributed by atoms with Crippen LogP contribution < -0.4 is 21.7 Å². The Balaban J connectivity index is 5.28. The monoisotopic (exact) mass is 444 g/mol. The van der Waals surface area contributed by atoms with Crippen molar-refractivity contribution in [3.8, 4) is 0 Å². The summed E-state index contributed by atoms with van der Waals surface area (Å²) in [5.74, 6) is -3.21. The molecule has 0 aliphatic rings. The van der Waals surface area contributed by atoms with Gasteiger partial charge in [0.1, 0.15) is 18.1 Å². The maximum absolute atomic E-state index is 12.8. The predicted molar refractivity (Wildman–Crippen MR) is 117 cm³/mol. The molecule has 0 saturated heterocycles. The van der Waals surface area contributed by atoms with Crippen LogP contribution in [0.3, 0.4) is 0 Å². The van der Waals surface area contributed by atoms with E-state index < -0.39 is 54.5 Å². The number of aliphatic hydroxyl groups is 1. The fourth-order valence-electron chi connectivity index (χ4n) is 3.00. The second-order valence-corrected chi connectivity index (χ2v) is 8.88. The van der Waals surface area contributed by atoms with Crippen LogP contribution in [0, 0.1) is 17.8 Å². The van der Waals surface area contributed by atoms with Gasteiger partial charge in [-0.15, -0.1) is 0 Å². The second-order valence-electron chi connectivity index (χ2n) is 8.88. The molecule has 5 unspecified atom stereocenters. The second kappa shape index (κ2) is 14.0. The van der Waals surface area contributed by atoms with E-state index in [0.717, 1.165) is 0 Å². The SMILES string of the molecule is CCC(C)C(NC(=O)C(CO)NC(=O)C(CC(C)C)NC(=O)C(N)CC(C)C)C(=O)O. The predicted octanol–water partition coefficient (Wildman–Crippen LogP) is -0.0167. The molecule has 0 fully saturated rings. The van der Waals surface area contributed by atoms with E-state index in [1.54, 1.807) is 13.8 Å². The number of carboxylic acids is 1. The first-order valence-corrected chi connectivity index (χ1v) is 10.8. The van der Waals surface area contributed by atoms with Gasteiger partial charge in [-0.25, -0.2) is 4.79 Å². The van der Waals surface area contributed by atoms with Gasteiger partial charge in [0.15, 0.2) is 0 Å². The summed E-state index contributed by atoms with van der Waals surface area (Å²) in [6, 6.07) is -4.22. The first kappa shape index (κ1) is 28.8. The molecule has 0 aromatic heterocycles. The molecule has 0 radical (unpaired) electrons. The molecule has 0 spiro atoms. The maximum Gasteiger partial charge on any atom is 0.326 e. The molecule has 0 aliphatic heterocycles. The molecule has 0 aromatic carbocycles. The number of carboxylic acid groups (broad SMARTS) is 1. The Kier molecular flexibility index (Phi) is 13.0. The van der Waals surface area contributed by atoms with Gasteiger partial charge in [-0.3, -0.25) is 14.4 Å². The van der Waals surface area contributed by atoms with E-state index >= 15 is 0 Å². The van der Waals surface area contributed by atoms with Crippen molar-refractivity contribution < 1.29 is 29.4 Å². The molecule has 0 aliphatic carbocycles. The zero-order valence-electron chi connectivity index (χ0n) is 19.5. The standard InChI is InChI=1S/C21H40N4O6/c1-7-13(6)17(21(30)31)25-20(29)16(10-26)24-19(28)15(9-12(4)5)23-18(27)14(22)8-11(2)3/h11-17,26H,7-10,22H2,1-6H3,(H,23,27)(H,24,28)(H,25,29)(H,30,31). The van der Waals surface area contributed by atoms with Crippen molar-refractivity contribution in [1.82, 2.24) is 16.0 Å². The average Bonchev–Trinajstić information content (AvgIpc) is 2.67. The van der Waals surface area contributed by atoms with E-state index in [0.29, 0.717) is 19.3 Å². The lowest BCUT2D eigenvalue weighted by atomic mass is 9.98. The number of nitrogens with one attached hydrogen (secondary N) is 3. The summed E-state index contributed by atoms with van der Waals surface area (Å²) in [6.45, 7) is 10.4. The van der Waals surface area contributed by atoms with E-state index in [9.17, 15) is 29.4 Å². The van der Waals surface area contributed by atoms with E-state index in [4.69, 9.17) is 5.73 Å². The van der Waals surface area contributed by atoms with Gasteiger partial charge in [-0.05, 0) is 30.6 Å². The number of carbonyl (C=O) groups excluding carboxylic acids is 3. The van der Waals surface area contributed by atoms with Crippen molar-refractivity contribution in [2.24, 2.45) is 23.5 Å². The van der Waals surface area contributed by atoms with E-state index in [2.05, 4.69) is 16.0 Å². The van der Waals surface area contributed by atoms with E-state index in [1.807, 2.05) is 27.7 Å². The van der Waals surface area contributed by atoms with Crippen molar-refractivity contribution in [3.63, 3.8) is 0 Å². The largest absolute Gasteiger partial charge is 0.480 e. The molecule has 3 amide bonds.